The topological polar surface area (TPSA) is 62.2 Å². The Labute approximate surface area is 105 Å². The van der Waals surface area contributed by atoms with Crippen LogP contribution in [0.3, 0.4) is 0 Å². The smallest absolute Gasteiger partial charge is 0.256 e. The molecule has 0 aromatic carbocycles. The molecule has 1 aliphatic carbocycles. The first-order valence-electron chi connectivity index (χ1n) is 6.28. The minimum Gasteiger partial charge on any atom is -0.391 e. The monoisotopic (exact) mass is 252 g/mol. The fourth-order valence-electron chi connectivity index (χ4n) is 2.26. The molecule has 0 spiro atoms. The van der Waals surface area contributed by atoms with Gasteiger partial charge in [0.2, 0.25) is 5.95 Å². The van der Waals surface area contributed by atoms with E-state index in [0.29, 0.717) is 6.42 Å². The van der Waals surface area contributed by atoms with E-state index in [-0.39, 0.29) is 11.6 Å². The number of aliphatic hydroxyl groups is 1. The molecule has 98 valence electrons. The van der Waals surface area contributed by atoms with E-state index in [2.05, 4.69) is 10.3 Å². The number of hydrogen-bond acceptors (Lipinski definition) is 3. The molecule has 1 fully saturated rings. The van der Waals surface area contributed by atoms with Crippen LogP contribution in [0, 0.1) is 5.95 Å². The molecule has 0 bridgehead atoms. The predicted molar refractivity (Wildman–Crippen MR) is 64.5 cm³/mol. The minimum atomic E-state index is -0.780. The summed E-state index contributed by atoms with van der Waals surface area (Å²) in [6.45, 7) is 0. The van der Waals surface area contributed by atoms with E-state index in [1.54, 1.807) is 0 Å². The zero-order chi connectivity index (χ0) is 13.0. The van der Waals surface area contributed by atoms with Gasteiger partial charge in [-0.2, -0.15) is 4.39 Å². The van der Waals surface area contributed by atoms with E-state index in [1.165, 1.54) is 18.3 Å². The van der Waals surface area contributed by atoms with Crippen LogP contribution in [0.4, 0.5) is 4.39 Å². The van der Waals surface area contributed by atoms with Crippen molar-refractivity contribution in [2.24, 2.45) is 0 Å². The average molecular weight is 252 g/mol. The summed E-state index contributed by atoms with van der Waals surface area (Å²) in [5.41, 5.74) is -0.0750. The molecular weight excluding hydrogens is 235 g/mol. The second kappa shape index (κ2) is 5.91. The number of nitrogens with one attached hydrogen (secondary N) is 1. The van der Waals surface area contributed by atoms with Crippen LogP contribution in [-0.4, -0.2) is 28.1 Å². The van der Waals surface area contributed by atoms with Gasteiger partial charge in [0.05, 0.1) is 17.7 Å². The molecule has 2 atom stereocenters. The van der Waals surface area contributed by atoms with E-state index in [1.807, 2.05) is 0 Å². The van der Waals surface area contributed by atoms with Gasteiger partial charge < -0.3 is 10.4 Å². The Morgan fingerprint density at radius 2 is 2.17 bits per heavy atom. The molecule has 2 N–H and O–H groups in total. The highest BCUT2D eigenvalue weighted by molar-refractivity contribution is 5.94. The summed E-state index contributed by atoms with van der Waals surface area (Å²) in [5, 5.41) is 12.6. The normalized spacial score (nSPS) is 24.3. The number of aliphatic hydroxyl groups excluding tert-OH is 1. The summed E-state index contributed by atoms with van der Waals surface area (Å²) in [5.74, 6) is -1.29. The number of hydrogen-bond donors (Lipinski definition) is 2. The van der Waals surface area contributed by atoms with Crippen molar-refractivity contribution in [3.05, 3.63) is 29.8 Å². The van der Waals surface area contributed by atoms with Gasteiger partial charge in [0, 0.05) is 6.20 Å². The first kappa shape index (κ1) is 13.0. The summed E-state index contributed by atoms with van der Waals surface area (Å²) in [4.78, 5) is 15.3. The number of pyridine rings is 1. The maximum absolute atomic E-state index is 13.3. The molecular formula is C13H17FN2O2. The van der Waals surface area contributed by atoms with Crippen molar-refractivity contribution in [1.29, 1.82) is 0 Å². The Hall–Kier alpha value is -1.49. The highest BCUT2D eigenvalue weighted by Crippen LogP contribution is 2.18. The number of nitrogens with zero attached hydrogens (tertiary/aromatic N) is 1. The lowest BCUT2D eigenvalue weighted by molar-refractivity contribution is 0.0814. The number of aromatic nitrogens is 1. The van der Waals surface area contributed by atoms with E-state index in [0.717, 1.165) is 25.7 Å². The number of carbonyl (C=O) groups is 1. The van der Waals surface area contributed by atoms with Crippen molar-refractivity contribution < 1.29 is 14.3 Å². The third-order valence-corrected chi connectivity index (χ3v) is 3.30. The lowest BCUT2D eigenvalue weighted by atomic mass is 10.1. The quantitative estimate of drug-likeness (QED) is 0.621. The SMILES string of the molecule is O=C(NC1CCCCCC1O)c1cccnc1F. The van der Waals surface area contributed by atoms with Gasteiger partial charge in [-0.05, 0) is 25.0 Å². The van der Waals surface area contributed by atoms with Crippen molar-refractivity contribution in [3.63, 3.8) is 0 Å². The van der Waals surface area contributed by atoms with E-state index >= 15 is 0 Å². The largest absolute Gasteiger partial charge is 0.391 e. The number of carbonyl (C=O) groups excluding carboxylic acids is 1. The Bertz CT molecular complexity index is 425. The molecule has 1 aromatic rings. The molecule has 1 aromatic heterocycles. The fourth-order valence-corrected chi connectivity index (χ4v) is 2.26. The molecule has 5 heteroatoms. The zero-order valence-electron chi connectivity index (χ0n) is 10.1. The maximum atomic E-state index is 13.3. The van der Waals surface area contributed by atoms with Gasteiger partial charge in [0.15, 0.2) is 0 Å². The van der Waals surface area contributed by atoms with Gasteiger partial charge in [-0.25, -0.2) is 4.98 Å². The van der Waals surface area contributed by atoms with Crippen molar-refractivity contribution in [1.82, 2.24) is 10.3 Å². The van der Waals surface area contributed by atoms with Crippen molar-refractivity contribution in [2.75, 3.05) is 0 Å². The standard InChI is InChI=1S/C13H17FN2O2/c14-12-9(5-4-8-15-12)13(18)16-10-6-2-1-3-7-11(10)17/h4-5,8,10-11,17H,1-3,6-7H2,(H,16,18). The molecule has 2 rings (SSSR count). The Kier molecular flexibility index (Phi) is 4.25. The Morgan fingerprint density at radius 1 is 1.39 bits per heavy atom. The van der Waals surface area contributed by atoms with Crippen LogP contribution in [0.1, 0.15) is 42.5 Å². The van der Waals surface area contributed by atoms with Crippen LogP contribution in [0.15, 0.2) is 18.3 Å². The molecule has 1 saturated carbocycles. The Morgan fingerprint density at radius 3 is 2.94 bits per heavy atom. The van der Waals surface area contributed by atoms with Crippen molar-refractivity contribution in [2.45, 2.75) is 44.2 Å². The zero-order valence-corrected chi connectivity index (χ0v) is 10.1. The van der Waals surface area contributed by atoms with Gasteiger partial charge in [0.25, 0.3) is 5.91 Å². The first-order valence-corrected chi connectivity index (χ1v) is 6.28. The van der Waals surface area contributed by atoms with Crippen LogP contribution in [-0.2, 0) is 0 Å². The first-order chi connectivity index (χ1) is 8.68. The molecule has 18 heavy (non-hydrogen) atoms. The van der Waals surface area contributed by atoms with Crippen LogP contribution in [0.5, 0.6) is 0 Å². The highest BCUT2D eigenvalue weighted by Gasteiger charge is 2.24. The van der Waals surface area contributed by atoms with Gasteiger partial charge in [-0.3, -0.25) is 4.79 Å². The lowest BCUT2D eigenvalue weighted by Crippen LogP contribution is -2.43. The third-order valence-electron chi connectivity index (χ3n) is 3.30. The second-order valence-electron chi connectivity index (χ2n) is 4.63. The summed E-state index contributed by atoms with van der Waals surface area (Å²) in [7, 11) is 0. The third kappa shape index (κ3) is 3.04. The van der Waals surface area contributed by atoms with Crippen LogP contribution in [0.25, 0.3) is 0 Å². The molecule has 4 nitrogen and oxygen atoms in total. The summed E-state index contributed by atoms with van der Waals surface area (Å²) >= 11 is 0. The maximum Gasteiger partial charge on any atom is 0.256 e. The highest BCUT2D eigenvalue weighted by atomic mass is 19.1. The van der Waals surface area contributed by atoms with Gasteiger partial charge >= 0.3 is 0 Å². The average Bonchev–Trinajstić information content (AvgIpc) is 2.55. The van der Waals surface area contributed by atoms with E-state index < -0.39 is 18.0 Å². The van der Waals surface area contributed by atoms with Crippen LogP contribution >= 0.6 is 0 Å². The molecule has 1 aliphatic rings. The molecule has 0 radical (unpaired) electrons. The van der Waals surface area contributed by atoms with Crippen molar-refractivity contribution in [3.8, 4) is 0 Å². The summed E-state index contributed by atoms with van der Waals surface area (Å²) in [6, 6.07) is 2.61. The van der Waals surface area contributed by atoms with Gasteiger partial charge in [0.1, 0.15) is 0 Å². The molecule has 0 saturated heterocycles. The predicted octanol–water partition coefficient (Wildman–Crippen LogP) is 1.64. The molecule has 1 amide bonds. The molecule has 1 heterocycles. The van der Waals surface area contributed by atoms with Gasteiger partial charge in [-0.1, -0.05) is 19.3 Å². The van der Waals surface area contributed by atoms with E-state index in [9.17, 15) is 14.3 Å². The van der Waals surface area contributed by atoms with Crippen LogP contribution < -0.4 is 5.32 Å². The number of amides is 1. The number of halogens is 1. The fraction of sp³-hybridized carbons (Fsp3) is 0.538. The van der Waals surface area contributed by atoms with E-state index in [4.69, 9.17) is 0 Å². The summed E-state index contributed by atoms with van der Waals surface area (Å²) in [6.07, 6.45) is 5.16. The Balaban J connectivity index is 2.04. The molecule has 2 unspecified atom stereocenters. The second-order valence-corrected chi connectivity index (χ2v) is 4.63. The molecule has 0 aliphatic heterocycles. The minimum absolute atomic E-state index is 0.0750. The van der Waals surface area contributed by atoms with Gasteiger partial charge in [-0.15, -0.1) is 0 Å². The number of rotatable bonds is 2. The van der Waals surface area contributed by atoms with Crippen molar-refractivity contribution >= 4 is 5.91 Å². The lowest BCUT2D eigenvalue weighted by Gasteiger charge is -2.21. The summed E-state index contributed by atoms with van der Waals surface area (Å²) < 4.78 is 13.3. The van der Waals surface area contributed by atoms with Crippen LogP contribution in [0.2, 0.25) is 0 Å².